The summed E-state index contributed by atoms with van der Waals surface area (Å²) in [6, 6.07) is 11.0. The van der Waals surface area contributed by atoms with E-state index in [2.05, 4.69) is 10.2 Å². The summed E-state index contributed by atoms with van der Waals surface area (Å²) in [4.78, 5) is 25.1. The molecule has 148 valence electrons. The first-order valence-electron chi connectivity index (χ1n) is 8.75. The first-order chi connectivity index (χ1) is 13.9. The molecule has 0 N–H and O–H groups in total. The number of aromatic nitrogens is 2. The second-order valence-corrected chi connectivity index (χ2v) is 7.44. The Kier molecular flexibility index (Phi) is 5.21. The average Bonchev–Trinajstić information content (AvgIpc) is 3.44. The molecule has 0 atom stereocenters. The van der Waals surface area contributed by atoms with Gasteiger partial charge in [0.05, 0.1) is 11.5 Å². The van der Waals surface area contributed by atoms with Crippen LogP contribution in [0.4, 0.5) is 5.69 Å². The molecule has 1 aromatic heterocycles. The van der Waals surface area contributed by atoms with Crippen molar-refractivity contribution in [3.8, 4) is 11.5 Å². The van der Waals surface area contributed by atoms with Crippen LogP contribution in [0.2, 0.25) is 10.0 Å². The van der Waals surface area contributed by atoms with Gasteiger partial charge in [-0.3, -0.25) is 14.9 Å². The minimum Gasteiger partial charge on any atom is -0.419 e. The van der Waals surface area contributed by atoms with Crippen LogP contribution in [-0.2, 0) is 6.54 Å². The molecular weight excluding hydrogens is 419 g/mol. The van der Waals surface area contributed by atoms with Gasteiger partial charge in [0.15, 0.2) is 0 Å². The quantitative estimate of drug-likeness (QED) is 0.410. The number of halogens is 2. The number of rotatable bonds is 6. The number of nitro benzene ring substituents is 1. The number of carbonyl (C=O) groups is 1. The Hall–Kier alpha value is -2.97. The van der Waals surface area contributed by atoms with Gasteiger partial charge in [-0.25, -0.2) is 0 Å². The topological polar surface area (TPSA) is 102 Å². The van der Waals surface area contributed by atoms with E-state index in [1.165, 1.54) is 18.2 Å². The zero-order valence-electron chi connectivity index (χ0n) is 14.9. The second kappa shape index (κ2) is 7.81. The highest BCUT2D eigenvalue weighted by Crippen LogP contribution is 2.32. The fourth-order valence-electron chi connectivity index (χ4n) is 2.88. The maximum absolute atomic E-state index is 13.0. The SMILES string of the molecule is O=C(c1ccc(Cl)c([N+](=O)[O-])c1)N(Cc1nnc(-c2ccc(Cl)cc2)o1)C1CC1. The molecule has 8 nitrogen and oxygen atoms in total. The van der Waals surface area contributed by atoms with Gasteiger partial charge >= 0.3 is 0 Å². The number of nitro groups is 1. The summed E-state index contributed by atoms with van der Waals surface area (Å²) in [5, 5.41) is 19.7. The van der Waals surface area contributed by atoms with Crippen LogP contribution in [0.1, 0.15) is 29.1 Å². The average molecular weight is 433 g/mol. The van der Waals surface area contributed by atoms with Crippen molar-refractivity contribution in [1.82, 2.24) is 15.1 Å². The molecule has 1 saturated carbocycles. The van der Waals surface area contributed by atoms with E-state index in [9.17, 15) is 14.9 Å². The second-order valence-electron chi connectivity index (χ2n) is 6.60. The molecule has 0 spiro atoms. The highest BCUT2D eigenvalue weighted by atomic mass is 35.5. The zero-order chi connectivity index (χ0) is 20.5. The molecule has 0 unspecified atom stereocenters. The molecule has 1 aliphatic rings. The number of carbonyl (C=O) groups excluding carboxylic acids is 1. The van der Waals surface area contributed by atoms with E-state index in [1.807, 2.05) is 0 Å². The van der Waals surface area contributed by atoms with Crippen LogP contribution >= 0.6 is 23.2 Å². The number of hydrogen-bond acceptors (Lipinski definition) is 6. The summed E-state index contributed by atoms with van der Waals surface area (Å²) in [6.07, 6.45) is 1.69. The van der Waals surface area contributed by atoms with Crippen molar-refractivity contribution in [3.63, 3.8) is 0 Å². The third-order valence-electron chi connectivity index (χ3n) is 4.50. The molecule has 10 heteroatoms. The molecule has 29 heavy (non-hydrogen) atoms. The van der Waals surface area contributed by atoms with Crippen molar-refractivity contribution < 1.29 is 14.1 Å². The summed E-state index contributed by atoms with van der Waals surface area (Å²) in [5.74, 6) is 0.249. The minimum absolute atomic E-state index is 0.0194. The molecule has 4 rings (SSSR count). The van der Waals surface area contributed by atoms with E-state index < -0.39 is 4.92 Å². The number of amides is 1. The maximum atomic E-state index is 13.0. The largest absolute Gasteiger partial charge is 0.419 e. The first-order valence-corrected chi connectivity index (χ1v) is 9.51. The highest BCUT2D eigenvalue weighted by Gasteiger charge is 2.35. The molecule has 1 aliphatic carbocycles. The van der Waals surface area contributed by atoms with Crippen LogP contribution in [0.15, 0.2) is 46.9 Å². The predicted octanol–water partition coefficient (Wildman–Crippen LogP) is 4.76. The van der Waals surface area contributed by atoms with E-state index in [1.54, 1.807) is 29.2 Å². The van der Waals surface area contributed by atoms with Gasteiger partial charge in [-0.2, -0.15) is 0 Å². The lowest BCUT2D eigenvalue weighted by Crippen LogP contribution is -2.32. The van der Waals surface area contributed by atoms with Gasteiger partial charge in [0.25, 0.3) is 11.6 Å². The molecule has 1 heterocycles. The Labute approximate surface area is 175 Å². The minimum atomic E-state index is -0.614. The molecule has 0 radical (unpaired) electrons. The van der Waals surface area contributed by atoms with Crippen molar-refractivity contribution in [3.05, 3.63) is 74.1 Å². The summed E-state index contributed by atoms with van der Waals surface area (Å²) >= 11 is 11.7. The molecule has 2 aromatic carbocycles. The van der Waals surface area contributed by atoms with Crippen molar-refractivity contribution in [2.45, 2.75) is 25.4 Å². The van der Waals surface area contributed by atoms with Crippen LogP contribution < -0.4 is 0 Å². The Bertz CT molecular complexity index is 1080. The van der Waals surface area contributed by atoms with Gasteiger partial charge in [-0.05, 0) is 49.2 Å². The van der Waals surface area contributed by atoms with Crippen molar-refractivity contribution in [1.29, 1.82) is 0 Å². The van der Waals surface area contributed by atoms with Crippen LogP contribution in [0, 0.1) is 10.1 Å². The van der Waals surface area contributed by atoms with Crippen molar-refractivity contribution in [2.24, 2.45) is 0 Å². The molecule has 1 fully saturated rings. The smallest absolute Gasteiger partial charge is 0.288 e. The Morgan fingerprint density at radius 3 is 2.55 bits per heavy atom. The van der Waals surface area contributed by atoms with Crippen LogP contribution in [0.25, 0.3) is 11.5 Å². The fraction of sp³-hybridized carbons (Fsp3) is 0.211. The molecule has 0 bridgehead atoms. The zero-order valence-corrected chi connectivity index (χ0v) is 16.4. The molecule has 1 amide bonds. The van der Waals surface area contributed by atoms with E-state index in [-0.39, 0.29) is 40.7 Å². The fourth-order valence-corrected chi connectivity index (χ4v) is 3.19. The first kappa shape index (κ1) is 19.4. The van der Waals surface area contributed by atoms with Gasteiger partial charge in [0.1, 0.15) is 5.02 Å². The standard InChI is InChI=1S/C19H14Cl2N4O4/c20-13-4-1-11(2-5-13)18-23-22-17(29-18)10-24(14-6-7-14)19(26)12-3-8-15(21)16(9-12)25(27)28/h1-5,8-9,14H,6-7,10H2. The van der Waals surface area contributed by atoms with Gasteiger partial charge in [-0.1, -0.05) is 23.2 Å². The summed E-state index contributed by atoms with van der Waals surface area (Å²) in [5.41, 5.74) is 0.590. The van der Waals surface area contributed by atoms with E-state index in [4.69, 9.17) is 27.6 Å². The third-order valence-corrected chi connectivity index (χ3v) is 5.07. The lowest BCUT2D eigenvalue weighted by atomic mass is 10.1. The number of hydrogen-bond donors (Lipinski definition) is 0. The predicted molar refractivity (Wildman–Crippen MR) is 106 cm³/mol. The third kappa shape index (κ3) is 4.23. The van der Waals surface area contributed by atoms with Gasteiger partial charge in [0, 0.05) is 28.3 Å². The van der Waals surface area contributed by atoms with Crippen LogP contribution in [0.5, 0.6) is 0 Å². The van der Waals surface area contributed by atoms with Gasteiger partial charge in [-0.15, -0.1) is 10.2 Å². The number of nitrogens with zero attached hydrogens (tertiary/aromatic N) is 4. The monoisotopic (exact) mass is 432 g/mol. The Morgan fingerprint density at radius 2 is 1.90 bits per heavy atom. The lowest BCUT2D eigenvalue weighted by Gasteiger charge is -2.20. The normalized spacial score (nSPS) is 13.3. The van der Waals surface area contributed by atoms with E-state index in [0.29, 0.717) is 16.5 Å². The maximum Gasteiger partial charge on any atom is 0.288 e. The van der Waals surface area contributed by atoms with Crippen molar-refractivity contribution in [2.75, 3.05) is 0 Å². The summed E-state index contributed by atoms with van der Waals surface area (Å²) in [7, 11) is 0. The van der Waals surface area contributed by atoms with Crippen molar-refractivity contribution >= 4 is 34.8 Å². The Morgan fingerprint density at radius 1 is 1.17 bits per heavy atom. The van der Waals surface area contributed by atoms with E-state index in [0.717, 1.165) is 12.8 Å². The Balaban J connectivity index is 1.56. The summed E-state index contributed by atoms with van der Waals surface area (Å²) in [6.45, 7) is 0.112. The highest BCUT2D eigenvalue weighted by molar-refractivity contribution is 6.32. The van der Waals surface area contributed by atoms with Crippen LogP contribution in [0.3, 0.4) is 0 Å². The lowest BCUT2D eigenvalue weighted by molar-refractivity contribution is -0.384. The van der Waals surface area contributed by atoms with E-state index >= 15 is 0 Å². The molecule has 0 saturated heterocycles. The van der Waals surface area contributed by atoms with Crippen LogP contribution in [-0.4, -0.2) is 32.0 Å². The number of benzene rings is 2. The molecule has 3 aromatic rings. The molecular formula is C19H14Cl2N4O4. The summed E-state index contributed by atoms with van der Waals surface area (Å²) < 4.78 is 5.70. The molecule has 0 aliphatic heterocycles. The van der Waals surface area contributed by atoms with Gasteiger partial charge in [0.2, 0.25) is 11.8 Å². The van der Waals surface area contributed by atoms with Gasteiger partial charge < -0.3 is 9.32 Å².